The molecule has 2 heterocycles. The molecule has 0 unspecified atom stereocenters. The van der Waals surface area contributed by atoms with Gasteiger partial charge in [-0.25, -0.2) is 4.79 Å². The van der Waals surface area contributed by atoms with Crippen molar-refractivity contribution in [3.8, 4) is 5.75 Å². The summed E-state index contributed by atoms with van der Waals surface area (Å²) in [5.74, 6) is 0.422. The minimum absolute atomic E-state index is 0.0753. The maximum atomic E-state index is 12.9. The molecule has 0 fully saturated rings. The van der Waals surface area contributed by atoms with Gasteiger partial charge in [-0.3, -0.25) is 14.4 Å². The first kappa shape index (κ1) is 24.5. The van der Waals surface area contributed by atoms with Gasteiger partial charge in [-0.05, 0) is 41.8 Å². The Bertz CT molecular complexity index is 1180. The van der Waals surface area contributed by atoms with Crippen LogP contribution in [0.15, 0.2) is 48.5 Å². The highest BCUT2D eigenvalue weighted by molar-refractivity contribution is 5.93. The number of methoxy groups -OCH3 is 2. The molecule has 1 aliphatic rings. The lowest BCUT2D eigenvalue weighted by Gasteiger charge is -2.28. The highest BCUT2D eigenvalue weighted by Crippen LogP contribution is 2.25. The third kappa shape index (κ3) is 5.54. The first-order chi connectivity index (χ1) is 16.9. The summed E-state index contributed by atoms with van der Waals surface area (Å²) in [5.41, 5.74) is 5.52. The van der Waals surface area contributed by atoms with E-state index in [1.165, 1.54) is 12.7 Å². The first-order valence-electron chi connectivity index (χ1n) is 11.7. The Kier molecular flexibility index (Phi) is 7.51. The van der Waals surface area contributed by atoms with Crippen molar-refractivity contribution in [3.63, 3.8) is 0 Å². The number of nitrogens with zero attached hydrogens (tertiary/aromatic N) is 4. The largest absolute Gasteiger partial charge is 0.497 e. The second-order valence-corrected chi connectivity index (χ2v) is 8.94. The van der Waals surface area contributed by atoms with E-state index in [0.717, 1.165) is 48.5 Å². The molecule has 184 valence electrons. The van der Waals surface area contributed by atoms with Gasteiger partial charge in [0.1, 0.15) is 5.75 Å². The summed E-state index contributed by atoms with van der Waals surface area (Å²) < 4.78 is 12.0. The number of carbonyl (C=O) groups excluding carboxylic acids is 2. The number of aromatic nitrogens is 2. The van der Waals surface area contributed by atoms with E-state index in [-0.39, 0.29) is 11.9 Å². The van der Waals surface area contributed by atoms with Crippen LogP contribution in [0.25, 0.3) is 0 Å². The number of aryl methyl sites for hydroxylation is 2. The number of fused-ring (bicyclic) bond motifs is 1. The Morgan fingerprint density at radius 1 is 1.00 bits per heavy atom. The molecule has 0 radical (unpaired) electrons. The molecule has 2 aromatic carbocycles. The number of benzene rings is 2. The van der Waals surface area contributed by atoms with Crippen molar-refractivity contribution >= 4 is 11.9 Å². The molecule has 0 N–H and O–H groups in total. The van der Waals surface area contributed by atoms with Crippen molar-refractivity contribution in [1.29, 1.82) is 0 Å². The summed E-state index contributed by atoms with van der Waals surface area (Å²) in [6.07, 6.45) is 1.65. The average molecular weight is 477 g/mol. The predicted octanol–water partition coefficient (Wildman–Crippen LogP) is 3.18. The van der Waals surface area contributed by atoms with E-state index in [1.807, 2.05) is 28.9 Å². The number of hydrogen-bond donors (Lipinski definition) is 0. The van der Waals surface area contributed by atoms with Crippen LogP contribution in [0.4, 0.5) is 0 Å². The summed E-state index contributed by atoms with van der Waals surface area (Å²) in [4.78, 5) is 28.5. The van der Waals surface area contributed by atoms with E-state index < -0.39 is 0 Å². The lowest BCUT2D eigenvalue weighted by molar-refractivity contribution is 0.0600. The third-order valence-corrected chi connectivity index (χ3v) is 6.37. The summed E-state index contributed by atoms with van der Waals surface area (Å²) in [5, 5.41) is 4.77. The van der Waals surface area contributed by atoms with Gasteiger partial charge in [0.25, 0.3) is 5.91 Å². The van der Waals surface area contributed by atoms with Gasteiger partial charge in [0.05, 0.1) is 19.8 Å². The molecule has 3 aromatic rings. The summed E-state index contributed by atoms with van der Waals surface area (Å²) in [6.45, 7) is 2.97. The summed E-state index contributed by atoms with van der Waals surface area (Å²) in [6, 6.07) is 15.5. The summed E-state index contributed by atoms with van der Waals surface area (Å²) >= 11 is 0. The fourth-order valence-electron chi connectivity index (χ4n) is 4.40. The maximum Gasteiger partial charge on any atom is 0.337 e. The fourth-order valence-corrected chi connectivity index (χ4v) is 4.40. The smallest absolute Gasteiger partial charge is 0.337 e. The van der Waals surface area contributed by atoms with E-state index >= 15 is 0 Å². The molecule has 0 saturated carbocycles. The Balaban J connectivity index is 1.51. The standard InChI is InChI=1S/C27H32N4O4/c1-29(2)26(32)25-23-18-30(17-20-5-9-21(10-6-20)27(33)35-4)15-14-24(23)31(28-25)16-13-19-7-11-22(34-3)12-8-19/h5-12H,13-18H2,1-4H3. The van der Waals surface area contributed by atoms with Gasteiger partial charge in [0, 0.05) is 58.0 Å². The number of esters is 1. The van der Waals surface area contributed by atoms with Gasteiger partial charge in [-0.15, -0.1) is 0 Å². The first-order valence-corrected chi connectivity index (χ1v) is 11.7. The van der Waals surface area contributed by atoms with E-state index in [9.17, 15) is 9.59 Å². The van der Waals surface area contributed by atoms with Crippen LogP contribution in [0.1, 0.15) is 43.2 Å². The minimum Gasteiger partial charge on any atom is -0.497 e. The normalized spacial score (nSPS) is 13.3. The third-order valence-electron chi connectivity index (χ3n) is 6.37. The van der Waals surface area contributed by atoms with Gasteiger partial charge in [0.2, 0.25) is 0 Å². The van der Waals surface area contributed by atoms with Gasteiger partial charge in [-0.1, -0.05) is 24.3 Å². The second-order valence-electron chi connectivity index (χ2n) is 8.94. The van der Waals surface area contributed by atoms with E-state index in [4.69, 9.17) is 14.6 Å². The van der Waals surface area contributed by atoms with Crippen LogP contribution in [0, 0.1) is 0 Å². The Labute approximate surface area is 206 Å². The molecule has 8 heteroatoms. The van der Waals surface area contributed by atoms with Gasteiger partial charge < -0.3 is 14.4 Å². The molecule has 1 amide bonds. The molecule has 0 spiro atoms. The van der Waals surface area contributed by atoms with Gasteiger partial charge >= 0.3 is 5.97 Å². The van der Waals surface area contributed by atoms with Crippen LogP contribution in [-0.2, 0) is 37.2 Å². The number of ether oxygens (including phenoxy) is 2. The molecule has 1 aromatic heterocycles. The van der Waals surface area contributed by atoms with E-state index in [1.54, 1.807) is 38.2 Å². The van der Waals surface area contributed by atoms with Gasteiger partial charge in [-0.2, -0.15) is 5.10 Å². The van der Waals surface area contributed by atoms with Crippen molar-refractivity contribution in [2.75, 3.05) is 34.9 Å². The zero-order chi connectivity index (χ0) is 24.9. The average Bonchev–Trinajstić information content (AvgIpc) is 3.24. The monoisotopic (exact) mass is 476 g/mol. The molecule has 8 nitrogen and oxygen atoms in total. The van der Waals surface area contributed by atoms with Crippen LogP contribution in [-0.4, -0.2) is 66.3 Å². The molecule has 0 aliphatic carbocycles. The quantitative estimate of drug-likeness (QED) is 0.465. The minimum atomic E-state index is -0.340. The molecule has 1 aliphatic heterocycles. The fraction of sp³-hybridized carbons (Fsp3) is 0.370. The Morgan fingerprint density at radius 2 is 1.69 bits per heavy atom. The molecule has 0 saturated heterocycles. The van der Waals surface area contributed by atoms with Crippen LogP contribution in [0.2, 0.25) is 0 Å². The van der Waals surface area contributed by atoms with Crippen molar-refractivity contribution < 1.29 is 19.1 Å². The number of hydrogen-bond acceptors (Lipinski definition) is 6. The van der Waals surface area contributed by atoms with E-state index in [0.29, 0.717) is 24.3 Å². The van der Waals surface area contributed by atoms with Crippen molar-refractivity contribution in [3.05, 3.63) is 82.2 Å². The lowest BCUT2D eigenvalue weighted by atomic mass is 10.0. The van der Waals surface area contributed by atoms with Crippen LogP contribution >= 0.6 is 0 Å². The molecule has 0 atom stereocenters. The van der Waals surface area contributed by atoms with Crippen LogP contribution in [0.5, 0.6) is 5.75 Å². The Morgan fingerprint density at radius 3 is 2.31 bits per heavy atom. The van der Waals surface area contributed by atoms with E-state index in [2.05, 4.69) is 17.0 Å². The number of rotatable bonds is 8. The SMILES string of the molecule is COC(=O)c1ccc(CN2CCc3c(c(C(=O)N(C)C)nn3CCc3ccc(OC)cc3)C2)cc1. The number of amides is 1. The maximum absolute atomic E-state index is 12.9. The lowest BCUT2D eigenvalue weighted by Crippen LogP contribution is -2.32. The predicted molar refractivity (Wildman–Crippen MR) is 133 cm³/mol. The number of carbonyl (C=O) groups is 2. The molecule has 35 heavy (non-hydrogen) atoms. The molecular formula is C27H32N4O4. The van der Waals surface area contributed by atoms with Crippen LogP contribution in [0.3, 0.4) is 0 Å². The molecule has 4 rings (SSSR count). The second kappa shape index (κ2) is 10.7. The zero-order valence-electron chi connectivity index (χ0n) is 20.8. The van der Waals surface area contributed by atoms with Crippen molar-refractivity contribution in [2.24, 2.45) is 0 Å². The van der Waals surface area contributed by atoms with Crippen molar-refractivity contribution in [2.45, 2.75) is 32.5 Å². The zero-order valence-corrected chi connectivity index (χ0v) is 20.8. The van der Waals surface area contributed by atoms with Crippen molar-refractivity contribution in [1.82, 2.24) is 19.6 Å². The topological polar surface area (TPSA) is 76.9 Å². The molecular weight excluding hydrogens is 444 g/mol. The highest BCUT2D eigenvalue weighted by atomic mass is 16.5. The van der Waals surface area contributed by atoms with Crippen LogP contribution < -0.4 is 4.74 Å². The highest BCUT2D eigenvalue weighted by Gasteiger charge is 2.28. The summed E-state index contributed by atoms with van der Waals surface area (Å²) in [7, 11) is 6.56. The molecule has 0 bridgehead atoms. The Hall–Kier alpha value is -3.65. The van der Waals surface area contributed by atoms with Gasteiger partial charge in [0.15, 0.2) is 5.69 Å².